The number of hydrogen-bond donors (Lipinski definition) is 0. The minimum atomic E-state index is 0.545. The van der Waals surface area contributed by atoms with Gasteiger partial charge in [0, 0.05) is 7.05 Å². The van der Waals surface area contributed by atoms with Crippen molar-refractivity contribution in [3.05, 3.63) is 94.8 Å². The smallest absolute Gasteiger partial charge is 0.211 e. The van der Waals surface area contributed by atoms with E-state index >= 15 is 0 Å². The van der Waals surface area contributed by atoms with Gasteiger partial charge in [0.2, 0.25) is 4.80 Å². The van der Waals surface area contributed by atoms with E-state index in [1.807, 2.05) is 61.6 Å². The Hall–Kier alpha value is -3.18. The molecular weight excluding hydrogens is 354 g/mol. The lowest BCUT2D eigenvalue weighted by Crippen LogP contribution is -2.08. The summed E-state index contributed by atoms with van der Waals surface area (Å²) in [5.41, 5.74) is 3.25. The van der Waals surface area contributed by atoms with Crippen LogP contribution >= 0.6 is 11.3 Å². The van der Waals surface area contributed by atoms with Crippen LogP contribution in [0.25, 0.3) is 10.2 Å². The fourth-order valence-electron chi connectivity index (χ4n) is 2.75. The molecule has 0 radical (unpaired) electrons. The largest absolute Gasteiger partial charge is 0.489 e. The number of fused-ring (bicyclic) bond motifs is 1. The Morgan fingerprint density at radius 3 is 2.63 bits per heavy atom. The molecule has 4 rings (SSSR count). The molecule has 0 saturated carbocycles. The van der Waals surface area contributed by atoms with Crippen molar-refractivity contribution in [2.24, 2.45) is 17.3 Å². The molecule has 134 valence electrons. The molecule has 3 aromatic carbocycles. The normalized spacial score (nSPS) is 12.1. The van der Waals surface area contributed by atoms with Crippen molar-refractivity contribution >= 4 is 27.8 Å². The maximum atomic E-state index is 5.86. The highest BCUT2D eigenvalue weighted by Crippen LogP contribution is 2.16. The first kappa shape index (κ1) is 17.2. The summed E-state index contributed by atoms with van der Waals surface area (Å²) >= 11 is 1.63. The second kappa shape index (κ2) is 8.01. The second-order valence-corrected chi connectivity index (χ2v) is 7.11. The Bertz CT molecular complexity index is 1140. The number of rotatable bonds is 5. The van der Waals surface area contributed by atoms with Crippen molar-refractivity contribution in [1.29, 1.82) is 0 Å². The number of para-hydroxylation sites is 1. The van der Waals surface area contributed by atoms with Crippen LogP contribution in [0.4, 0.5) is 0 Å². The summed E-state index contributed by atoms with van der Waals surface area (Å²) in [6.45, 7) is 0.545. The summed E-state index contributed by atoms with van der Waals surface area (Å²) in [5.74, 6) is 0.815. The monoisotopic (exact) mass is 373 g/mol. The Morgan fingerprint density at radius 2 is 1.78 bits per heavy atom. The SMILES string of the molecule is Cn1/c(=N\N=C/c2cccc(OCc3ccccc3)c2)sc2ccccc21. The quantitative estimate of drug-likeness (QED) is 0.367. The van der Waals surface area contributed by atoms with Crippen LogP contribution in [0.15, 0.2) is 89.1 Å². The number of aryl methyl sites for hydroxylation is 1. The van der Waals surface area contributed by atoms with Crippen molar-refractivity contribution < 1.29 is 4.74 Å². The fraction of sp³-hybridized carbons (Fsp3) is 0.0909. The maximum Gasteiger partial charge on any atom is 0.211 e. The Labute approximate surface area is 161 Å². The van der Waals surface area contributed by atoms with Gasteiger partial charge in [-0.15, -0.1) is 5.10 Å². The van der Waals surface area contributed by atoms with Crippen molar-refractivity contribution in [3.63, 3.8) is 0 Å². The lowest BCUT2D eigenvalue weighted by atomic mass is 10.2. The van der Waals surface area contributed by atoms with Gasteiger partial charge >= 0.3 is 0 Å². The highest BCUT2D eigenvalue weighted by atomic mass is 32.1. The van der Waals surface area contributed by atoms with Gasteiger partial charge in [-0.2, -0.15) is 5.10 Å². The highest BCUT2D eigenvalue weighted by molar-refractivity contribution is 7.16. The van der Waals surface area contributed by atoms with E-state index in [-0.39, 0.29) is 0 Å². The van der Waals surface area contributed by atoms with Crippen LogP contribution in [-0.4, -0.2) is 10.8 Å². The summed E-state index contributed by atoms with van der Waals surface area (Å²) in [6.07, 6.45) is 1.75. The molecule has 1 heterocycles. The number of hydrogen-bond acceptors (Lipinski definition) is 4. The van der Waals surface area contributed by atoms with Crippen molar-refractivity contribution in [3.8, 4) is 5.75 Å². The number of ether oxygens (including phenoxy) is 1. The highest BCUT2D eigenvalue weighted by Gasteiger charge is 2.00. The molecule has 0 fully saturated rings. The number of aromatic nitrogens is 1. The zero-order valence-electron chi connectivity index (χ0n) is 14.9. The summed E-state index contributed by atoms with van der Waals surface area (Å²) in [7, 11) is 2.01. The number of benzene rings is 3. The third kappa shape index (κ3) is 4.15. The fourth-order valence-corrected chi connectivity index (χ4v) is 3.72. The van der Waals surface area contributed by atoms with Crippen LogP contribution in [-0.2, 0) is 13.7 Å². The molecular formula is C22H19N3OS. The molecule has 1 aromatic heterocycles. The molecule has 4 aromatic rings. The number of thiazole rings is 1. The second-order valence-electron chi connectivity index (χ2n) is 6.10. The van der Waals surface area contributed by atoms with Gasteiger partial charge in [0.25, 0.3) is 0 Å². The van der Waals surface area contributed by atoms with Gasteiger partial charge in [0.05, 0.1) is 16.4 Å². The predicted molar refractivity (Wildman–Crippen MR) is 111 cm³/mol. The molecule has 0 spiro atoms. The van der Waals surface area contributed by atoms with Crippen LogP contribution < -0.4 is 9.54 Å². The molecule has 4 nitrogen and oxygen atoms in total. The summed E-state index contributed by atoms with van der Waals surface area (Å²) in [6, 6.07) is 26.2. The van der Waals surface area contributed by atoms with E-state index in [1.54, 1.807) is 17.6 Å². The lowest BCUT2D eigenvalue weighted by Gasteiger charge is -2.06. The number of nitrogens with zero attached hydrogens (tertiary/aromatic N) is 3. The van der Waals surface area contributed by atoms with Gasteiger partial charge in [-0.3, -0.25) is 0 Å². The third-order valence-corrected chi connectivity index (χ3v) is 5.27. The molecule has 0 amide bonds. The minimum Gasteiger partial charge on any atom is -0.489 e. The van der Waals surface area contributed by atoms with Crippen molar-refractivity contribution in [2.75, 3.05) is 0 Å². The van der Waals surface area contributed by atoms with E-state index in [0.29, 0.717) is 6.61 Å². The van der Waals surface area contributed by atoms with Crippen LogP contribution in [0, 0.1) is 0 Å². The van der Waals surface area contributed by atoms with E-state index in [0.717, 1.165) is 27.2 Å². The standard InChI is InChI=1S/C22H19N3OS/c1-25-20-12-5-6-13-21(20)27-22(25)24-23-15-18-10-7-11-19(14-18)26-16-17-8-3-2-4-9-17/h2-15H,16H2,1H3/b23-15-,24-22+. The molecule has 0 aliphatic heterocycles. The first-order valence-electron chi connectivity index (χ1n) is 8.68. The van der Waals surface area contributed by atoms with Gasteiger partial charge in [0.1, 0.15) is 12.4 Å². The van der Waals surface area contributed by atoms with Crippen LogP contribution in [0.5, 0.6) is 5.75 Å². The molecule has 0 N–H and O–H groups in total. The predicted octanol–water partition coefficient (Wildman–Crippen LogP) is 4.75. The van der Waals surface area contributed by atoms with Gasteiger partial charge in [0.15, 0.2) is 0 Å². The van der Waals surface area contributed by atoms with Crippen LogP contribution in [0.2, 0.25) is 0 Å². The van der Waals surface area contributed by atoms with Crippen molar-refractivity contribution in [2.45, 2.75) is 6.61 Å². The topological polar surface area (TPSA) is 38.9 Å². The van der Waals surface area contributed by atoms with E-state index in [4.69, 9.17) is 4.74 Å². The van der Waals surface area contributed by atoms with Crippen LogP contribution in [0.1, 0.15) is 11.1 Å². The first-order chi connectivity index (χ1) is 13.3. The Balaban J connectivity index is 1.49. The van der Waals surface area contributed by atoms with E-state index in [2.05, 4.69) is 39.0 Å². The molecule has 0 aliphatic rings. The first-order valence-corrected chi connectivity index (χ1v) is 9.50. The molecule has 0 unspecified atom stereocenters. The summed E-state index contributed by atoms with van der Waals surface area (Å²) in [4.78, 5) is 0.865. The zero-order chi connectivity index (χ0) is 18.5. The van der Waals surface area contributed by atoms with Gasteiger partial charge in [-0.1, -0.05) is 65.9 Å². The van der Waals surface area contributed by atoms with Crippen LogP contribution in [0.3, 0.4) is 0 Å². The third-order valence-electron chi connectivity index (χ3n) is 4.17. The lowest BCUT2D eigenvalue weighted by molar-refractivity contribution is 0.306. The van der Waals surface area contributed by atoms with E-state index in [9.17, 15) is 0 Å². The molecule has 0 saturated heterocycles. The van der Waals surface area contributed by atoms with E-state index < -0.39 is 0 Å². The Morgan fingerprint density at radius 1 is 0.963 bits per heavy atom. The minimum absolute atomic E-state index is 0.545. The average molecular weight is 373 g/mol. The zero-order valence-corrected chi connectivity index (χ0v) is 15.8. The molecule has 0 aliphatic carbocycles. The molecule has 0 bridgehead atoms. The van der Waals surface area contributed by atoms with Gasteiger partial charge < -0.3 is 9.30 Å². The van der Waals surface area contributed by atoms with Crippen molar-refractivity contribution in [1.82, 2.24) is 4.57 Å². The molecule has 27 heavy (non-hydrogen) atoms. The average Bonchev–Trinajstić information content (AvgIpc) is 3.04. The van der Waals surface area contributed by atoms with E-state index in [1.165, 1.54) is 4.70 Å². The van der Waals surface area contributed by atoms with Gasteiger partial charge in [-0.25, -0.2) is 0 Å². The summed E-state index contributed by atoms with van der Waals surface area (Å²) in [5, 5.41) is 8.63. The maximum absolute atomic E-state index is 5.86. The Kier molecular flexibility index (Phi) is 5.12. The van der Waals surface area contributed by atoms with Gasteiger partial charge in [-0.05, 0) is 35.4 Å². The summed E-state index contributed by atoms with van der Waals surface area (Å²) < 4.78 is 9.11. The molecule has 5 heteroatoms. The molecule has 0 atom stereocenters.